The molecule has 0 radical (unpaired) electrons. The van der Waals surface area contributed by atoms with Gasteiger partial charge in [0.1, 0.15) is 4.90 Å². The van der Waals surface area contributed by atoms with E-state index in [9.17, 15) is 18.0 Å². The van der Waals surface area contributed by atoms with Crippen LogP contribution in [-0.2, 0) is 19.6 Å². The van der Waals surface area contributed by atoms with Crippen molar-refractivity contribution in [1.82, 2.24) is 15.1 Å². The smallest absolute Gasteiger partial charge is 0.285 e. The summed E-state index contributed by atoms with van der Waals surface area (Å²) in [6.45, 7) is 4.20. The minimum atomic E-state index is -3.67. The fourth-order valence-electron chi connectivity index (χ4n) is 4.85. The third-order valence-corrected chi connectivity index (χ3v) is 7.89. The van der Waals surface area contributed by atoms with Crippen molar-refractivity contribution in [1.29, 1.82) is 0 Å². The lowest BCUT2D eigenvalue weighted by Crippen LogP contribution is -2.46. The van der Waals surface area contributed by atoms with Crippen LogP contribution in [0.15, 0.2) is 33.6 Å². The summed E-state index contributed by atoms with van der Waals surface area (Å²) >= 11 is 0. The van der Waals surface area contributed by atoms with Gasteiger partial charge in [-0.3, -0.25) is 9.59 Å². The molecule has 3 N–H and O–H groups in total. The third-order valence-electron chi connectivity index (χ3n) is 6.56. The molecule has 2 fully saturated rings. The van der Waals surface area contributed by atoms with Crippen LogP contribution in [0.2, 0.25) is 0 Å². The Morgan fingerprint density at radius 1 is 1.09 bits per heavy atom. The molecule has 0 saturated carbocycles. The number of primary amides is 1. The number of hydrogen-bond donors (Lipinski definition) is 2. The van der Waals surface area contributed by atoms with E-state index >= 15 is 0 Å². The maximum Gasteiger partial charge on any atom is 0.285 e. The molecular weight excluding hydrogens is 430 g/mol. The van der Waals surface area contributed by atoms with Crippen LogP contribution < -0.4 is 11.1 Å². The molecule has 9 nitrogen and oxygen atoms in total. The lowest BCUT2D eigenvalue weighted by atomic mass is 9.96. The van der Waals surface area contributed by atoms with Crippen molar-refractivity contribution in [2.45, 2.75) is 37.0 Å². The van der Waals surface area contributed by atoms with E-state index in [2.05, 4.69) is 14.6 Å². The Balaban J connectivity index is 1.27. The fourth-order valence-corrected chi connectivity index (χ4v) is 6.08. The van der Waals surface area contributed by atoms with E-state index < -0.39 is 10.0 Å². The van der Waals surface area contributed by atoms with E-state index in [0.29, 0.717) is 37.6 Å². The summed E-state index contributed by atoms with van der Waals surface area (Å²) in [6, 6.07) is 6.84. The Bertz CT molecular complexity index is 1010. The van der Waals surface area contributed by atoms with Gasteiger partial charge >= 0.3 is 0 Å². The molecule has 174 valence electrons. The molecule has 2 amide bonds. The van der Waals surface area contributed by atoms with E-state index in [-0.39, 0.29) is 28.5 Å². The molecule has 3 aliphatic heterocycles. The number of nitrogens with one attached hydrogen (secondary N) is 1. The molecular formula is C22H31N5O4S. The van der Waals surface area contributed by atoms with Crippen molar-refractivity contribution >= 4 is 27.7 Å². The highest BCUT2D eigenvalue weighted by atomic mass is 32.2. The minimum Gasteiger partial charge on any atom is -0.369 e. The summed E-state index contributed by atoms with van der Waals surface area (Å²) in [5.74, 6) is -0.0485. The van der Waals surface area contributed by atoms with E-state index in [4.69, 9.17) is 5.73 Å². The predicted molar refractivity (Wildman–Crippen MR) is 120 cm³/mol. The average Bonchev–Trinajstić information content (AvgIpc) is 3.08. The third kappa shape index (κ3) is 4.96. The van der Waals surface area contributed by atoms with Gasteiger partial charge in [-0.25, -0.2) is 0 Å². The quantitative estimate of drug-likeness (QED) is 0.596. The van der Waals surface area contributed by atoms with Crippen molar-refractivity contribution in [3.05, 3.63) is 29.8 Å². The second kappa shape index (κ2) is 9.58. The highest BCUT2D eigenvalue weighted by molar-refractivity contribution is 7.90. The summed E-state index contributed by atoms with van der Waals surface area (Å²) in [5.41, 5.74) is 6.05. The van der Waals surface area contributed by atoms with E-state index in [1.165, 1.54) is 0 Å². The van der Waals surface area contributed by atoms with E-state index in [0.717, 1.165) is 45.2 Å². The van der Waals surface area contributed by atoms with Crippen LogP contribution >= 0.6 is 0 Å². The van der Waals surface area contributed by atoms with Crippen LogP contribution in [0.3, 0.4) is 0 Å². The van der Waals surface area contributed by atoms with E-state index in [1.807, 2.05) is 4.90 Å². The molecule has 2 saturated heterocycles. The first-order valence-electron chi connectivity index (χ1n) is 11.3. The molecule has 4 rings (SSSR count). The zero-order valence-electron chi connectivity index (χ0n) is 18.2. The number of likely N-dealkylation sites (tertiary alicyclic amines) is 2. The molecule has 2 atom stereocenters. The maximum absolute atomic E-state index is 12.8. The zero-order chi connectivity index (χ0) is 22.7. The van der Waals surface area contributed by atoms with Crippen LogP contribution in [-0.4, -0.2) is 75.1 Å². The number of rotatable bonds is 6. The second-order valence-corrected chi connectivity index (χ2v) is 10.4. The molecule has 2 unspecified atom stereocenters. The molecule has 0 bridgehead atoms. The molecule has 0 aromatic heterocycles. The first-order valence-corrected chi connectivity index (χ1v) is 12.8. The molecule has 1 aromatic carbocycles. The Kier molecular flexibility index (Phi) is 6.80. The topological polar surface area (TPSA) is 125 Å². The fraction of sp³-hybridized carbons (Fsp3) is 0.591. The van der Waals surface area contributed by atoms with Gasteiger partial charge in [0.2, 0.25) is 11.8 Å². The Labute approximate surface area is 189 Å². The van der Waals surface area contributed by atoms with Crippen LogP contribution in [0.1, 0.15) is 37.7 Å². The lowest BCUT2D eigenvalue weighted by Gasteiger charge is -2.33. The Morgan fingerprint density at radius 2 is 1.84 bits per heavy atom. The number of fused-ring (bicyclic) bond motifs is 1. The minimum absolute atomic E-state index is 0.00176. The number of carbonyl (C=O) groups is 2. The molecule has 10 heteroatoms. The second-order valence-electron chi connectivity index (χ2n) is 8.86. The molecule has 32 heavy (non-hydrogen) atoms. The summed E-state index contributed by atoms with van der Waals surface area (Å²) in [5, 5.41) is 3.03. The number of amides is 2. The number of piperidine rings is 2. The number of nitrogens with zero attached hydrogens (tertiary/aromatic N) is 3. The van der Waals surface area contributed by atoms with Crippen molar-refractivity contribution in [3.8, 4) is 0 Å². The summed E-state index contributed by atoms with van der Waals surface area (Å²) in [6.07, 6.45) is 4.22. The maximum atomic E-state index is 12.8. The van der Waals surface area contributed by atoms with Crippen LogP contribution in [0.4, 0.5) is 0 Å². The van der Waals surface area contributed by atoms with Crippen molar-refractivity contribution in [2.24, 2.45) is 22.0 Å². The SMILES string of the molecule is NC(=O)C1CCCN(CCCNC(=O)C2CCCN(C3=NS(=O)(=O)c4ccccc43)C2)C1. The predicted octanol–water partition coefficient (Wildman–Crippen LogP) is 0.551. The largest absolute Gasteiger partial charge is 0.369 e. The highest BCUT2D eigenvalue weighted by Gasteiger charge is 2.35. The van der Waals surface area contributed by atoms with Gasteiger partial charge < -0.3 is 20.9 Å². The summed E-state index contributed by atoms with van der Waals surface area (Å²) in [7, 11) is -3.67. The first-order chi connectivity index (χ1) is 15.3. The van der Waals surface area contributed by atoms with Crippen LogP contribution in [0.5, 0.6) is 0 Å². The lowest BCUT2D eigenvalue weighted by molar-refractivity contribution is -0.126. The average molecular weight is 462 g/mol. The molecule has 0 aliphatic carbocycles. The van der Waals surface area contributed by atoms with Gasteiger partial charge in [-0.1, -0.05) is 12.1 Å². The molecule has 0 spiro atoms. The highest BCUT2D eigenvalue weighted by Crippen LogP contribution is 2.29. The molecule has 3 aliphatic rings. The molecule has 3 heterocycles. The number of hydrogen-bond acceptors (Lipinski definition) is 6. The normalized spacial score (nSPS) is 25.1. The van der Waals surface area contributed by atoms with Gasteiger partial charge in [0.05, 0.1) is 11.8 Å². The van der Waals surface area contributed by atoms with Crippen molar-refractivity contribution < 1.29 is 18.0 Å². The number of amidine groups is 1. The van der Waals surface area contributed by atoms with Gasteiger partial charge in [0.15, 0.2) is 5.84 Å². The van der Waals surface area contributed by atoms with Crippen LogP contribution in [0.25, 0.3) is 0 Å². The first kappa shape index (κ1) is 22.7. The number of nitrogens with two attached hydrogens (primary N) is 1. The van der Waals surface area contributed by atoms with Gasteiger partial charge in [-0.15, -0.1) is 4.40 Å². The van der Waals surface area contributed by atoms with E-state index in [1.54, 1.807) is 24.3 Å². The molecule has 1 aromatic rings. The number of carbonyl (C=O) groups excluding carboxylic acids is 2. The van der Waals surface area contributed by atoms with Crippen LogP contribution in [0, 0.1) is 11.8 Å². The Hall–Kier alpha value is -2.46. The van der Waals surface area contributed by atoms with Gasteiger partial charge in [-0.2, -0.15) is 8.42 Å². The number of sulfonamides is 1. The zero-order valence-corrected chi connectivity index (χ0v) is 19.0. The van der Waals surface area contributed by atoms with Gasteiger partial charge in [0.25, 0.3) is 10.0 Å². The van der Waals surface area contributed by atoms with Crippen molar-refractivity contribution in [2.75, 3.05) is 39.3 Å². The monoisotopic (exact) mass is 461 g/mol. The summed E-state index contributed by atoms with van der Waals surface area (Å²) in [4.78, 5) is 28.6. The standard InChI is InChI=1S/C22H31N5O4S/c23-20(28)16-6-3-11-26(14-16)12-5-10-24-22(29)17-7-4-13-27(15-17)21-18-8-1-2-9-19(18)32(30,31)25-21/h1-2,8-9,16-17H,3-7,10-15H2,(H2,23,28)(H,24,29). The van der Waals surface area contributed by atoms with Gasteiger partial charge in [0, 0.05) is 31.7 Å². The summed E-state index contributed by atoms with van der Waals surface area (Å²) < 4.78 is 28.7. The van der Waals surface area contributed by atoms with Crippen molar-refractivity contribution in [3.63, 3.8) is 0 Å². The Morgan fingerprint density at radius 3 is 2.66 bits per heavy atom. The number of benzene rings is 1. The van der Waals surface area contributed by atoms with Gasteiger partial charge in [-0.05, 0) is 57.3 Å².